The minimum atomic E-state index is 0.518. The second kappa shape index (κ2) is 5.35. The lowest BCUT2D eigenvalue weighted by Crippen LogP contribution is -2.03. The highest BCUT2D eigenvalue weighted by Gasteiger charge is 2.13. The van der Waals surface area contributed by atoms with Crippen molar-refractivity contribution in [2.24, 2.45) is 5.92 Å². The second-order valence-electron chi connectivity index (χ2n) is 5.17. The maximum Gasteiger partial charge on any atom is 0.110 e. The van der Waals surface area contributed by atoms with Crippen LogP contribution in [0.5, 0.6) is 0 Å². The first-order valence-electron chi connectivity index (χ1n) is 6.65. The molecule has 1 N–H and O–H groups in total. The molecule has 2 nitrogen and oxygen atoms in total. The number of rotatable bonds is 5. The third-order valence-corrected chi connectivity index (χ3v) is 3.41. The van der Waals surface area contributed by atoms with Gasteiger partial charge in [-0.3, -0.25) is 0 Å². The van der Waals surface area contributed by atoms with Crippen LogP contribution in [0.3, 0.4) is 0 Å². The van der Waals surface area contributed by atoms with E-state index in [0.29, 0.717) is 5.92 Å². The normalized spacial score (nSPS) is 15.0. The van der Waals surface area contributed by atoms with Crippen LogP contribution in [0.25, 0.3) is 11.0 Å². The summed E-state index contributed by atoms with van der Waals surface area (Å²) in [5, 5.41) is 0. The Labute approximate surface area is 103 Å². The van der Waals surface area contributed by atoms with E-state index >= 15 is 0 Å². The molecule has 2 atom stereocenters. The monoisotopic (exact) mass is 230 g/mol. The Morgan fingerprint density at radius 3 is 2.71 bits per heavy atom. The predicted octanol–water partition coefficient (Wildman–Crippen LogP) is 4.49. The zero-order chi connectivity index (χ0) is 12.3. The summed E-state index contributed by atoms with van der Waals surface area (Å²) in [5.41, 5.74) is 2.23. The van der Waals surface area contributed by atoms with Crippen LogP contribution in [-0.4, -0.2) is 9.97 Å². The van der Waals surface area contributed by atoms with E-state index in [4.69, 9.17) is 0 Å². The Kier molecular flexibility index (Phi) is 3.82. The van der Waals surface area contributed by atoms with E-state index in [1.807, 2.05) is 6.07 Å². The van der Waals surface area contributed by atoms with Crippen molar-refractivity contribution in [3.63, 3.8) is 0 Å². The van der Waals surface area contributed by atoms with Gasteiger partial charge < -0.3 is 4.98 Å². The van der Waals surface area contributed by atoms with Crippen LogP contribution in [-0.2, 0) is 0 Å². The van der Waals surface area contributed by atoms with Crippen LogP contribution >= 0.6 is 0 Å². The van der Waals surface area contributed by atoms with Gasteiger partial charge in [-0.2, -0.15) is 0 Å². The van der Waals surface area contributed by atoms with Gasteiger partial charge in [0.1, 0.15) is 5.82 Å². The number of nitrogens with one attached hydrogen (secondary N) is 1. The van der Waals surface area contributed by atoms with Crippen LogP contribution < -0.4 is 0 Å². The van der Waals surface area contributed by atoms with Crippen LogP contribution in [0.2, 0.25) is 0 Å². The summed E-state index contributed by atoms with van der Waals surface area (Å²) >= 11 is 0. The third-order valence-electron chi connectivity index (χ3n) is 3.41. The van der Waals surface area contributed by atoms with Crippen molar-refractivity contribution >= 4 is 11.0 Å². The van der Waals surface area contributed by atoms with Gasteiger partial charge in [-0.25, -0.2) is 4.98 Å². The number of hydrogen-bond acceptors (Lipinski definition) is 1. The van der Waals surface area contributed by atoms with Gasteiger partial charge in [-0.1, -0.05) is 45.7 Å². The molecule has 0 saturated carbocycles. The molecule has 0 amide bonds. The van der Waals surface area contributed by atoms with E-state index in [2.05, 4.69) is 48.9 Å². The Hall–Kier alpha value is -1.31. The average Bonchev–Trinajstić information content (AvgIpc) is 2.72. The molecule has 0 bridgehead atoms. The van der Waals surface area contributed by atoms with E-state index < -0.39 is 0 Å². The third kappa shape index (κ3) is 2.87. The van der Waals surface area contributed by atoms with E-state index in [1.54, 1.807) is 0 Å². The largest absolute Gasteiger partial charge is 0.342 e. The number of benzene rings is 1. The highest BCUT2D eigenvalue weighted by Crippen LogP contribution is 2.25. The first-order chi connectivity index (χ1) is 8.20. The van der Waals surface area contributed by atoms with Crippen molar-refractivity contribution in [3.05, 3.63) is 30.1 Å². The summed E-state index contributed by atoms with van der Waals surface area (Å²) < 4.78 is 0. The molecule has 92 valence electrons. The maximum absolute atomic E-state index is 4.67. The Morgan fingerprint density at radius 1 is 1.24 bits per heavy atom. The van der Waals surface area contributed by atoms with Crippen LogP contribution in [0.1, 0.15) is 51.8 Å². The summed E-state index contributed by atoms with van der Waals surface area (Å²) in [6.45, 7) is 6.86. The second-order valence-corrected chi connectivity index (χ2v) is 5.17. The van der Waals surface area contributed by atoms with Crippen LogP contribution in [0, 0.1) is 5.92 Å². The molecule has 1 aromatic heterocycles. The molecule has 0 aliphatic carbocycles. The molecular weight excluding hydrogens is 208 g/mol. The number of imidazole rings is 1. The Morgan fingerprint density at radius 2 is 2.00 bits per heavy atom. The summed E-state index contributed by atoms with van der Waals surface area (Å²) in [7, 11) is 0. The quantitative estimate of drug-likeness (QED) is 0.805. The molecule has 0 saturated heterocycles. The van der Waals surface area contributed by atoms with E-state index in [-0.39, 0.29) is 0 Å². The molecule has 0 aliphatic rings. The maximum atomic E-state index is 4.67. The molecule has 1 heterocycles. The van der Waals surface area contributed by atoms with Gasteiger partial charge in [-0.15, -0.1) is 0 Å². The molecule has 2 heteroatoms. The van der Waals surface area contributed by atoms with E-state index in [0.717, 1.165) is 22.8 Å². The highest BCUT2D eigenvalue weighted by molar-refractivity contribution is 5.74. The molecule has 1 aromatic carbocycles. The van der Waals surface area contributed by atoms with Crippen molar-refractivity contribution in [1.82, 2.24) is 9.97 Å². The topological polar surface area (TPSA) is 28.7 Å². The average molecular weight is 230 g/mol. The number of para-hydroxylation sites is 2. The van der Waals surface area contributed by atoms with Crippen molar-refractivity contribution in [2.75, 3.05) is 0 Å². The highest BCUT2D eigenvalue weighted by atomic mass is 14.9. The van der Waals surface area contributed by atoms with Crippen molar-refractivity contribution < 1.29 is 0 Å². The van der Waals surface area contributed by atoms with Crippen LogP contribution in [0.4, 0.5) is 0 Å². The van der Waals surface area contributed by atoms with Crippen molar-refractivity contribution in [3.8, 4) is 0 Å². The van der Waals surface area contributed by atoms with Gasteiger partial charge in [0.05, 0.1) is 11.0 Å². The molecule has 0 spiro atoms. The Balaban J connectivity index is 2.10. The molecule has 0 radical (unpaired) electrons. The molecular formula is C15H22N2. The van der Waals surface area contributed by atoms with Gasteiger partial charge in [-0.05, 0) is 24.5 Å². The van der Waals surface area contributed by atoms with Crippen molar-refractivity contribution in [1.29, 1.82) is 0 Å². The molecule has 17 heavy (non-hydrogen) atoms. The summed E-state index contributed by atoms with van der Waals surface area (Å²) in [6, 6.07) is 8.25. The summed E-state index contributed by atoms with van der Waals surface area (Å²) in [4.78, 5) is 8.10. The van der Waals surface area contributed by atoms with Gasteiger partial charge in [0, 0.05) is 5.92 Å². The smallest absolute Gasteiger partial charge is 0.110 e. The molecule has 0 aliphatic heterocycles. The fourth-order valence-electron chi connectivity index (χ4n) is 2.53. The predicted molar refractivity (Wildman–Crippen MR) is 73.2 cm³/mol. The lowest BCUT2D eigenvalue weighted by atomic mass is 9.93. The van der Waals surface area contributed by atoms with Gasteiger partial charge in [0.2, 0.25) is 0 Å². The standard InChI is InChI=1S/C15H22N2/c1-4-7-11(2)10-12(3)15-16-13-8-5-6-9-14(13)17-15/h5-6,8-9,11-12H,4,7,10H2,1-3H3,(H,16,17)/t11?,12-/m1/s1. The number of fused-ring (bicyclic) bond motifs is 1. The van der Waals surface area contributed by atoms with Gasteiger partial charge in [0.25, 0.3) is 0 Å². The summed E-state index contributed by atoms with van der Waals surface area (Å²) in [5.74, 6) is 2.43. The van der Waals surface area contributed by atoms with Gasteiger partial charge >= 0.3 is 0 Å². The molecule has 1 unspecified atom stereocenters. The molecule has 0 fully saturated rings. The minimum Gasteiger partial charge on any atom is -0.342 e. The van der Waals surface area contributed by atoms with E-state index in [9.17, 15) is 0 Å². The molecule has 2 aromatic rings. The lowest BCUT2D eigenvalue weighted by molar-refractivity contribution is 0.441. The number of aromatic amines is 1. The zero-order valence-corrected chi connectivity index (χ0v) is 11.0. The first kappa shape index (κ1) is 12.2. The van der Waals surface area contributed by atoms with Gasteiger partial charge in [0.15, 0.2) is 0 Å². The Bertz CT molecular complexity index is 439. The number of hydrogen-bond donors (Lipinski definition) is 1. The molecule has 2 rings (SSSR count). The number of aromatic nitrogens is 2. The minimum absolute atomic E-state index is 0.518. The number of H-pyrrole nitrogens is 1. The fraction of sp³-hybridized carbons (Fsp3) is 0.533. The summed E-state index contributed by atoms with van der Waals surface area (Å²) in [6.07, 6.45) is 3.80. The fourth-order valence-corrected chi connectivity index (χ4v) is 2.53. The number of nitrogens with zero attached hydrogens (tertiary/aromatic N) is 1. The lowest BCUT2D eigenvalue weighted by Gasteiger charge is -2.14. The zero-order valence-electron chi connectivity index (χ0n) is 11.0. The van der Waals surface area contributed by atoms with E-state index in [1.165, 1.54) is 19.3 Å². The van der Waals surface area contributed by atoms with Crippen LogP contribution in [0.15, 0.2) is 24.3 Å². The first-order valence-corrected chi connectivity index (χ1v) is 6.65. The van der Waals surface area contributed by atoms with Crippen molar-refractivity contribution in [2.45, 2.75) is 46.0 Å². The SMILES string of the molecule is CCCC(C)C[C@@H](C)c1nc2ccccc2[nH]1.